The Morgan fingerprint density at radius 2 is 1.77 bits per heavy atom. The Labute approximate surface area is 276 Å². The summed E-state index contributed by atoms with van der Waals surface area (Å²) < 4.78 is 25.1. The molecule has 0 bridgehead atoms. The molecule has 8 nitrogen and oxygen atoms in total. The van der Waals surface area contributed by atoms with Gasteiger partial charge in [0.1, 0.15) is 12.4 Å². The number of thiazole rings is 1. The molecular formula is C38H36N2O6S. The molecule has 240 valence electrons. The standard InChI is InChI=1S/C38H36N2O6S/c1-6-44-37(42)34-24(4)39-38-40(35(34)27-16-19-31(46-23(2)3)32(21-27)43-5)36(41)33(47-38)20-25-14-17-29(18-15-25)45-22-28-12-9-11-26-10-7-8-13-30(26)28/h7-21,23,35H,6,22H2,1-5H3/b33-20-/t35-/m1/s1. The van der Waals surface area contributed by atoms with Crippen molar-refractivity contribution in [2.45, 2.75) is 46.4 Å². The zero-order chi connectivity index (χ0) is 33.1. The average Bonchev–Trinajstić information content (AvgIpc) is 3.37. The summed E-state index contributed by atoms with van der Waals surface area (Å²) in [5.74, 6) is 1.28. The number of benzene rings is 4. The zero-order valence-electron chi connectivity index (χ0n) is 27.0. The first kappa shape index (κ1) is 31.8. The van der Waals surface area contributed by atoms with Crippen LogP contribution in [-0.2, 0) is 16.1 Å². The van der Waals surface area contributed by atoms with E-state index in [0.717, 1.165) is 16.9 Å². The lowest BCUT2D eigenvalue weighted by atomic mass is 9.95. The molecule has 0 fully saturated rings. The first-order valence-electron chi connectivity index (χ1n) is 15.5. The van der Waals surface area contributed by atoms with Gasteiger partial charge in [0.15, 0.2) is 16.3 Å². The second-order valence-corrected chi connectivity index (χ2v) is 12.4. The molecule has 0 saturated carbocycles. The molecule has 1 aliphatic heterocycles. The van der Waals surface area contributed by atoms with Crippen LogP contribution >= 0.6 is 11.3 Å². The Morgan fingerprint density at radius 3 is 2.51 bits per heavy atom. The number of methoxy groups -OCH3 is 1. The van der Waals surface area contributed by atoms with Crippen molar-refractivity contribution in [3.8, 4) is 17.2 Å². The van der Waals surface area contributed by atoms with E-state index in [1.165, 1.54) is 22.1 Å². The summed E-state index contributed by atoms with van der Waals surface area (Å²) in [6, 6.07) is 26.8. The minimum absolute atomic E-state index is 0.0607. The van der Waals surface area contributed by atoms with Crippen LogP contribution in [0.25, 0.3) is 16.8 Å². The summed E-state index contributed by atoms with van der Waals surface area (Å²) in [6.07, 6.45) is 1.77. The van der Waals surface area contributed by atoms with Crippen LogP contribution in [0, 0.1) is 0 Å². The van der Waals surface area contributed by atoms with Gasteiger partial charge in [-0.2, -0.15) is 0 Å². The highest BCUT2D eigenvalue weighted by Crippen LogP contribution is 2.36. The van der Waals surface area contributed by atoms with Gasteiger partial charge in [-0.1, -0.05) is 72.0 Å². The molecule has 0 aliphatic carbocycles. The molecule has 6 rings (SSSR count). The van der Waals surface area contributed by atoms with Crippen LogP contribution in [0.4, 0.5) is 0 Å². The SMILES string of the molecule is CCOC(=O)C1=C(C)N=c2s/c(=C\c3ccc(OCc4cccc5ccccc45)cc3)c(=O)n2[C@@H]1c1ccc(OC(C)C)c(OC)c1. The lowest BCUT2D eigenvalue weighted by Crippen LogP contribution is -2.40. The van der Waals surface area contributed by atoms with E-state index in [4.69, 9.17) is 18.9 Å². The second kappa shape index (κ2) is 13.7. The van der Waals surface area contributed by atoms with E-state index in [-0.39, 0.29) is 18.3 Å². The molecule has 0 unspecified atom stereocenters. The minimum Gasteiger partial charge on any atom is -0.493 e. The third-order valence-electron chi connectivity index (χ3n) is 7.84. The molecule has 1 aromatic heterocycles. The zero-order valence-corrected chi connectivity index (χ0v) is 27.8. The number of ether oxygens (including phenoxy) is 4. The number of nitrogens with zero attached hydrogens (tertiary/aromatic N) is 2. The number of carbonyl (C=O) groups is 1. The Bertz CT molecular complexity index is 2160. The first-order chi connectivity index (χ1) is 22.8. The summed E-state index contributed by atoms with van der Waals surface area (Å²) in [4.78, 5) is 32.5. The molecule has 1 atom stereocenters. The summed E-state index contributed by atoms with van der Waals surface area (Å²) in [7, 11) is 1.56. The lowest BCUT2D eigenvalue weighted by Gasteiger charge is -2.25. The van der Waals surface area contributed by atoms with Gasteiger partial charge in [-0.25, -0.2) is 9.79 Å². The van der Waals surface area contributed by atoms with Crippen LogP contribution in [0.5, 0.6) is 17.2 Å². The van der Waals surface area contributed by atoms with Crippen LogP contribution in [-0.4, -0.2) is 30.4 Å². The number of carbonyl (C=O) groups excluding carboxylic acids is 1. The molecule has 2 heterocycles. The quantitative estimate of drug-likeness (QED) is 0.165. The lowest BCUT2D eigenvalue weighted by molar-refractivity contribution is -0.139. The fraction of sp³-hybridized carbons (Fsp3) is 0.237. The number of hydrogen-bond donors (Lipinski definition) is 0. The third kappa shape index (κ3) is 6.57. The van der Waals surface area contributed by atoms with Crippen molar-refractivity contribution in [1.29, 1.82) is 0 Å². The molecule has 1 aliphatic rings. The van der Waals surface area contributed by atoms with Crippen molar-refractivity contribution in [2.75, 3.05) is 13.7 Å². The van der Waals surface area contributed by atoms with Crippen molar-refractivity contribution in [3.63, 3.8) is 0 Å². The summed E-state index contributed by atoms with van der Waals surface area (Å²) in [6.45, 7) is 8.02. The van der Waals surface area contributed by atoms with E-state index in [9.17, 15) is 9.59 Å². The molecule has 0 N–H and O–H groups in total. The predicted octanol–water partition coefficient (Wildman–Crippen LogP) is 6.33. The minimum atomic E-state index is -0.765. The normalized spacial score (nSPS) is 14.6. The van der Waals surface area contributed by atoms with Crippen LogP contribution in [0.2, 0.25) is 0 Å². The largest absolute Gasteiger partial charge is 0.493 e. The highest BCUT2D eigenvalue weighted by molar-refractivity contribution is 7.07. The third-order valence-corrected chi connectivity index (χ3v) is 8.82. The van der Waals surface area contributed by atoms with Gasteiger partial charge in [-0.05, 0) is 85.5 Å². The molecular weight excluding hydrogens is 612 g/mol. The van der Waals surface area contributed by atoms with E-state index in [2.05, 4.69) is 29.3 Å². The Hall–Kier alpha value is -5.15. The van der Waals surface area contributed by atoms with Gasteiger partial charge in [-0.3, -0.25) is 9.36 Å². The van der Waals surface area contributed by atoms with E-state index >= 15 is 0 Å². The molecule has 5 aromatic rings. The Kier molecular flexibility index (Phi) is 9.26. The maximum Gasteiger partial charge on any atom is 0.338 e. The molecule has 0 radical (unpaired) electrons. The van der Waals surface area contributed by atoms with Crippen molar-refractivity contribution < 1.29 is 23.7 Å². The predicted molar refractivity (Wildman–Crippen MR) is 184 cm³/mol. The monoisotopic (exact) mass is 648 g/mol. The first-order valence-corrected chi connectivity index (χ1v) is 16.3. The number of rotatable bonds is 10. The highest BCUT2D eigenvalue weighted by atomic mass is 32.1. The number of hydrogen-bond acceptors (Lipinski definition) is 8. The van der Waals surface area contributed by atoms with Gasteiger partial charge in [0, 0.05) is 0 Å². The van der Waals surface area contributed by atoms with Crippen LogP contribution < -0.4 is 29.1 Å². The van der Waals surface area contributed by atoms with Gasteiger partial charge >= 0.3 is 5.97 Å². The van der Waals surface area contributed by atoms with Crippen molar-refractivity contribution in [3.05, 3.63) is 133 Å². The number of fused-ring (bicyclic) bond motifs is 2. The molecule has 4 aromatic carbocycles. The number of allylic oxidation sites excluding steroid dienone is 1. The smallest absolute Gasteiger partial charge is 0.338 e. The molecule has 0 amide bonds. The van der Waals surface area contributed by atoms with Gasteiger partial charge in [0.25, 0.3) is 5.56 Å². The van der Waals surface area contributed by atoms with Gasteiger partial charge in [0.05, 0.1) is 41.7 Å². The fourth-order valence-corrected chi connectivity index (χ4v) is 6.75. The summed E-state index contributed by atoms with van der Waals surface area (Å²) in [5, 5.41) is 2.34. The Morgan fingerprint density at radius 1 is 1.00 bits per heavy atom. The summed E-state index contributed by atoms with van der Waals surface area (Å²) >= 11 is 1.28. The van der Waals surface area contributed by atoms with Crippen LogP contribution in [0.15, 0.2) is 106 Å². The van der Waals surface area contributed by atoms with Crippen LogP contribution in [0.1, 0.15) is 50.4 Å². The van der Waals surface area contributed by atoms with E-state index in [0.29, 0.717) is 44.3 Å². The molecule has 0 spiro atoms. The Balaban J connectivity index is 1.34. The van der Waals surface area contributed by atoms with Crippen molar-refractivity contribution in [1.82, 2.24) is 4.57 Å². The average molecular weight is 649 g/mol. The summed E-state index contributed by atoms with van der Waals surface area (Å²) in [5.41, 5.74) is 3.16. The van der Waals surface area contributed by atoms with Crippen LogP contribution in [0.3, 0.4) is 0 Å². The number of esters is 1. The van der Waals surface area contributed by atoms with Crippen molar-refractivity contribution >= 4 is 34.2 Å². The molecule has 0 saturated heterocycles. The van der Waals surface area contributed by atoms with E-state index < -0.39 is 12.0 Å². The van der Waals surface area contributed by atoms with E-state index in [1.54, 1.807) is 37.7 Å². The molecule has 9 heteroatoms. The molecule has 47 heavy (non-hydrogen) atoms. The maximum absolute atomic E-state index is 14.1. The van der Waals surface area contributed by atoms with Gasteiger partial charge in [-0.15, -0.1) is 0 Å². The fourth-order valence-electron chi connectivity index (χ4n) is 5.70. The van der Waals surface area contributed by atoms with Crippen molar-refractivity contribution in [2.24, 2.45) is 4.99 Å². The van der Waals surface area contributed by atoms with Gasteiger partial charge in [0.2, 0.25) is 0 Å². The van der Waals surface area contributed by atoms with E-state index in [1.807, 2.05) is 68.5 Å². The van der Waals surface area contributed by atoms with Gasteiger partial charge < -0.3 is 18.9 Å². The second-order valence-electron chi connectivity index (χ2n) is 11.4. The topological polar surface area (TPSA) is 88.4 Å². The number of aromatic nitrogens is 1. The maximum atomic E-state index is 14.1. The highest BCUT2D eigenvalue weighted by Gasteiger charge is 2.34.